The fraction of sp³-hybridized carbons (Fsp3) is 0.462. The number of benzene rings is 2. The van der Waals surface area contributed by atoms with Gasteiger partial charge in [0.2, 0.25) is 5.91 Å². The topological polar surface area (TPSA) is 80.3 Å². The molecule has 2 unspecified atom stereocenters. The molecular weight excluding hydrogens is 466 g/mol. The first-order valence-corrected chi connectivity index (χ1v) is 13.0. The Labute approximate surface area is 210 Å². The molecule has 188 valence electrons. The molecule has 0 saturated carbocycles. The first-order chi connectivity index (χ1) is 17.1. The number of ether oxygens (including phenoxy) is 3. The van der Waals surface area contributed by atoms with Gasteiger partial charge in [0.1, 0.15) is 22.9 Å². The minimum Gasteiger partial charge on any atom is -0.497 e. The summed E-state index contributed by atoms with van der Waals surface area (Å²) < 4.78 is 16.1. The van der Waals surface area contributed by atoms with E-state index in [1.165, 1.54) is 0 Å². The minimum absolute atomic E-state index is 0.124. The number of hydrogen-bond acceptors (Lipinski definition) is 7. The van der Waals surface area contributed by atoms with Crippen LogP contribution >= 0.6 is 11.8 Å². The molecule has 0 spiro atoms. The molecule has 2 saturated heterocycles. The monoisotopic (exact) mass is 499 g/mol. The fourth-order valence-corrected chi connectivity index (χ4v) is 5.80. The molecule has 8 nitrogen and oxygen atoms in total. The summed E-state index contributed by atoms with van der Waals surface area (Å²) in [5.41, 5.74) is 1.41. The number of carbonyl (C=O) groups excluding carboxylic acids is 2. The first-order valence-electron chi connectivity index (χ1n) is 11.9. The van der Waals surface area contributed by atoms with Crippen molar-refractivity contribution in [1.29, 1.82) is 0 Å². The largest absolute Gasteiger partial charge is 0.497 e. The first kappa shape index (κ1) is 25.3. The number of nitrogens with zero attached hydrogens (tertiary/aromatic N) is 2. The average Bonchev–Trinajstić information content (AvgIpc) is 3.36. The Kier molecular flexibility index (Phi) is 8.90. The normalized spacial score (nSPS) is 20.5. The van der Waals surface area contributed by atoms with E-state index in [0.717, 1.165) is 44.8 Å². The van der Waals surface area contributed by atoms with Crippen LogP contribution in [0.3, 0.4) is 0 Å². The van der Waals surface area contributed by atoms with Gasteiger partial charge in [-0.3, -0.25) is 14.5 Å². The van der Waals surface area contributed by atoms with Crippen molar-refractivity contribution < 1.29 is 23.8 Å². The molecule has 0 aromatic heterocycles. The number of morpholine rings is 1. The molecule has 9 heteroatoms. The maximum absolute atomic E-state index is 13.8. The molecule has 0 bridgehead atoms. The van der Waals surface area contributed by atoms with Crippen molar-refractivity contribution in [2.45, 2.75) is 17.8 Å². The van der Waals surface area contributed by atoms with Crippen molar-refractivity contribution in [3.63, 3.8) is 0 Å². The van der Waals surface area contributed by atoms with Gasteiger partial charge in [-0.1, -0.05) is 30.3 Å². The number of nitrogens with one attached hydrogen (secondary N) is 1. The zero-order valence-corrected chi connectivity index (χ0v) is 21.1. The predicted octanol–water partition coefficient (Wildman–Crippen LogP) is 2.80. The third-order valence-electron chi connectivity index (χ3n) is 6.27. The van der Waals surface area contributed by atoms with E-state index in [9.17, 15) is 9.59 Å². The molecule has 2 amide bonds. The van der Waals surface area contributed by atoms with Crippen LogP contribution in [0.4, 0.5) is 0 Å². The zero-order chi connectivity index (χ0) is 24.6. The molecule has 2 aromatic rings. The quantitative estimate of drug-likeness (QED) is 0.532. The summed E-state index contributed by atoms with van der Waals surface area (Å²) in [6.07, 6.45) is 0.856. The summed E-state index contributed by atoms with van der Waals surface area (Å²) in [5.74, 6) is 1.23. The molecule has 2 fully saturated rings. The van der Waals surface area contributed by atoms with Gasteiger partial charge in [0.25, 0.3) is 5.91 Å². The molecule has 35 heavy (non-hydrogen) atoms. The van der Waals surface area contributed by atoms with E-state index in [-0.39, 0.29) is 17.2 Å². The number of hydrogen-bond donors (Lipinski definition) is 1. The highest BCUT2D eigenvalue weighted by Gasteiger charge is 2.42. The minimum atomic E-state index is -0.571. The molecular formula is C26H33N3O5S. The van der Waals surface area contributed by atoms with Crippen LogP contribution in [0, 0.1) is 0 Å². The third-order valence-corrected chi connectivity index (χ3v) is 7.60. The predicted molar refractivity (Wildman–Crippen MR) is 136 cm³/mol. The molecule has 4 rings (SSSR count). The summed E-state index contributed by atoms with van der Waals surface area (Å²) in [6, 6.07) is 14.4. The standard InChI is InChI=1S/C26H33N3O5S/c1-32-21-15-20(16-22(17-21)33-2)25(31)29-23(18-35-26(29)19-7-4-3-5-8-19)24(30)27-9-6-10-28-11-13-34-14-12-28/h3-5,7-8,15-17,23,26H,6,9-14,18H2,1-2H3,(H,27,30). The van der Waals surface area contributed by atoms with E-state index in [1.807, 2.05) is 30.3 Å². The smallest absolute Gasteiger partial charge is 0.256 e. The molecule has 2 aliphatic heterocycles. The highest BCUT2D eigenvalue weighted by Crippen LogP contribution is 2.42. The van der Waals surface area contributed by atoms with Gasteiger partial charge in [-0.05, 0) is 30.7 Å². The van der Waals surface area contributed by atoms with Gasteiger partial charge in [-0.2, -0.15) is 0 Å². The van der Waals surface area contributed by atoms with Crippen LogP contribution in [0.2, 0.25) is 0 Å². The van der Waals surface area contributed by atoms with Crippen LogP contribution in [-0.4, -0.2) is 87.0 Å². The third kappa shape index (κ3) is 6.28. The fourth-order valence-electron chi connectivity index (χ4n) is 4.37. The van der Waals surface area contributed by atoms with Crippen LogP contribution in [0.25, 0.3) is 0 Å². The SMILES string of the molecule is COc1cc(OC)cc(C(=O)N2C(C(=O)NCCCN3CCOCC3)CSC2c2ccccc2)c1. The van der Waals surface area contributed by atoms with Crippen LogP contribution in [-0.2, 0) is 9.53 Å². The number of thioether (sulfide) groups is 1. The second-order valence-electron chi connectivity index (χ2n) is 8.52. The van der Waals surface area contributed by atoms with E-state index < -0.39 is 6.04 Å². The van der Waals surface area contributed by atoms with E-state index in [2.05, 4.69) is 10.2 Å². The Morgan fingerprint density at radius 3 is 2.40 bits per heavy atom. The molecule has 1 N–H and O–H groups in total. The lowest BCUT2D eigenvalue weighted by Gasteiger charge is -2.30. The number of carbonyl (C=O) groups is 2. The Morgan fingerprint density at radius 2 is 1.74 bits per heavy atom. The summed E-state index contributed by atoms with van der Waals surface area (Å²) in [5, 5.41) is 2.80. The Hall–Kier alpha value is -2.75. The number of amides is 2. The van der Waals surface area contributed by atoms with Crippen molar-refractivity contribution in [3.05, 3.63) is 59.7 Å². The van der Waals surface area contributed by atoms with Crippen molar-refractivity contribution in [2.75, 3.05) is 59.4 Å². The lowest BCUT2D eigenvalue weighted by Crippen LogP contribution is -2.48. The Balaban J connectivity index is 1.50. The Bertz CT molecular complexity index is 977. The average molecular weight is 500 g/mol. The molecule has 0 aliphatic carbocycles. The molecule has 2 aromatic carbocycles. The van der Waals surface area contributed by atoms with Crippen LogP contribution in [0.15, 0.2) is 48.5 Å². The second-order valence-corrected chi connectivity index (χ2v) is 9.64. The van der Waals surface area contributed by atoms with Crippen molar-refractivity contribution in [2.24, 2.45) is 0 Å². The summed E-state index contributed by atoms with van der Waals surface area (Å²) in [4.78, 5) is 31.1. The van der Waals surface area contributed by atoms with Gasteiger partial charge in [-0.15, -0.1) is 11.8 Å². The lowest BCUT2D eigenvalue weighted by atomic mass is 10.1. The van der Waals surface area contributed by atoms with Crippen LogP contribution < -0.4 is 14.8 Å². The lowest BCUT2D eigenvalue weighted by molar-refractivity contribution is -0.124. The zero-order valence-electron chi connectivity index (χ0n) is 20.3. The van der Waals surface area contributed by atoms with Gasteiger partial charge in [0, 0.05) is 37.0 Å². The van der Waals surface area contributed by atoms with Crippen molar-refractivity contribution in [3.8, 4) is 11.5 Å². The highest BCUT2D eigenvalue weighted by molar-refractivity contribution is 7.99. The number of methoxy groups -OCH3 is 2. The van der Waals surface area contributed by atoms with Crippen molar-refractivity contribution >= 4 is 23.6 Å². The van der Waals surface area contributed by atoms with E-state index >= 15 is 0 Å². The van der Waals surface area contributed by atoms with Crippen LogP contribution in [0.5, 0.6) is 11.5 Å². The van der Waals surface area contributed by atoms with E-state index in [4.69, 9.17) is 14.2 Å². The summed E-state index contributed by atoms with van der Waals surface area (Å²) >= 11 is 1.60. The van der Waals surface area contributed by atoms with E-state index in [1.54, 1.807) is 49.1 Å². The maximum atomic E-state index is 13.8. The van der Waals surface area contributed by atoms with Crippen molar-refractivity contribution in [1.82, 2.24) is 15.1 Å². The maximum Gasteiger partial charge on any atom is 0.256 e. The Morgan fingerprint density at radius 1 is 1.06 bits per heavy atom. The van der Waals surface area contributed by atoms with E-state index in [0.29, 0.717) is 29.4 Å². The summed E-state index contributed by atoms with van der Waals surface area (Å²) in [6.45, 7) is 4.87. The van der Waals surface area contributed by atoms with Gasteiger partial charge in [-0.25, -0.2) is 0 Å². The summed E-state index contributed by atoms with van der Waals surface area (Å²) in [7, 11) is 3.10. The van der Waals surface area contributed by atoms with Gasteiger partial charge in [0.05, 0.1) is 27.4 Å². The molecule has 0 radical (unpaired) electrons. The van der Waals surface area contributed by atoms with Gasteiger partial charge < -0.3 is 24.4 Å². The molecule has 2 atom stereocenters. The van der Waals surface area contributed by atoms with Gasteiger partial charge >= 0.3 is 0 Å². The second kappa shape index (κ2) is 12.3. The highest BCUT2D eigenvalue weighted by atomic mass is 32.2. The molecule has 2 heterocycles. The van der Waals surface area contributed by atoms with Gasteiger partial charge in [0.15, 0.2) is 0 Å². The van der Waals surface area contributed by atoms with Crippen LogP contribution in [0.1, 0.15) is 27.7 Å². The molecule has 2 aliphatic rings. The number of rotatable bonds is 9.